The van der Waals surface area contributed by atoms with Gasteiger partial charge < -0.3 is 0 Å². The molecule has 4 fully saturated rings. The molecule has 3 saturated carbocycles. The third kappa shape index (κ3) is 1.88. The number of thioether (sulfide) groups is 1. The van der Waals surface area contributed by atoms with E-state index < -0.39 is 83.0 Å². The predicted octanol–water partition coefficient (Wildman–Crippen LogP) is 5.63. The fourth-order valence-corrected chi connectivity index (χ4v) is 6.18. The molecule has 1 heterocycles. The Bertz CT molecular complexity index is 487. The highest BCUT2D eigenvalue weighted by Gasteiger charge is 2.88. The Morgan fingerprint density at radius 2 is 1.39 bits per heavy atom. The minimum absolute atomic E-state index is 0.494. The van der Waals surface area contributed by atoms with Crippen molar-refractivity contribution >= 4 is 11.8 Å². The molecule has 0 nitrogen and oxygen atoms in total. The van der Waals surface area contributed by atoms with Gasteiger partial charge in [-0.15, -0.1) is 0 Å². The normalized spacial score (nSPS) is 41.0. The summed E-state index contributed by atoms with van der Waals surface area (Å²) in [5.74, 6) is -8.72. The first-order valence-electron chi connectivity index (χ1n) is 6.70. The lowest BCUT2D eigenvalue weighted by Gasteiger charge is -2.65. The van der Waals surface area contributed by atoms with Gasteiger partial charge in [0.25, 0.3) is 0 Å². The zero-order valence-electron chi connectivity index (χ0n) is 11.2. The number of halogens is 10. The van der Waals surface area contributed by atoms with E-state index in [0.29, 0.717) is 0 Å². The maximum Gasteiger partial charge on any atom is 0.403 e. The zero-order chi connectivity index (χ0) is 17.7. The van der Waals surface area contributed by atoms with Crippen LogP contribution in [0.5, 0.6) is 0 Å². The third-order valence-electron chi connectivity index (χ3n) is 5.48. The summed E-state index contributed by atoms with van der Waals surface area (Å²) in [7, 11) is 0. The molecule has 0 radical (unpaired) electrons. The first kappa shape index (κ1) is 17.5. The molecule has 2 bridgehead atoms. The number of rotatable bonds is 0. The van der Waals surface area contributed by atoms with Gasteiger partial charge in [0.15, 0.2) is 5.41 Å². The van der Waals surface area contributed by atoms with Crippen LogP contribution in [-0.4, -0.2) is 28.3 Å². The Labute approximate surface area is 128 Å². The maximum atomic E-state index is 13.5. The predicted molar refractivity (Wildman–Crippen MR) is 60.2 cm³/mol. The summed E-state index contributed by atoms with van der Waals surface area (Å²) >= 11 is -0.705. The van der Waals surface area contributed by atoms with Crippen LogP contribution in [0.25, 0.3) is 0 Å². The molecule has 23 heavy (non-hydrogen) atoms. The molecule has 0 N–H and O–H groups in total. The van der Waals surface area contributed by atoms with E-state index in [2.05, 4.69) is 0 Å². The van der Waals surface area contributed by atoms with Gasteiger partial charge in [-0.1, -0.05) is 11.8 Å². The summed E-state index contributed by atoms with van der Waals surface area (Å²) in [6.45, 7) is 0. The molecular weight excluding hydrogens is 366 g/mol. The minimum Gasteiger partial charge on any atom is -0.199 e. The number of alkyl halides is 10. The first-order valence-corrected chi connectivity index (χ1v) is 7.52. The number of hydrogen-bond donors (Lipinski definition) is 0. The van der Waals surface area contributed by atoms with Crippen LogP contribution < -0.4 is 0 Å². The molecular formula is C12H10F10S. The van der Waals surface area contributed by atoms with Gasteiger partial charge in [-0.05, 0) is 31.1 Å². The lowest BCUT2D eigenvalue weighted by molar-refractivity contribution is -0.421. The van der Waals surface area contributed by atoms with E-state index in [1.165, 1.54) is 0 Å². The SMILES string of the molecule is FC(F)(F)C1(C(F)(F)F)[C@@H]2CC[C@@]3(CC(F)(F)C(F)(F)S3)[C@@H]1C2. The van der Waals surface area contributed by atoms with Crippen molar-refractivity contribution in [3.8, 4) is 0 Å². The lowest BCUT2D eigenvalue weighted by Crippen LogP contribution is -2.73. The van der Waals surface area contributed by atoms with Gasteiger partial charge in [0, 0.05) is 11.2 Å². The molecule has 1 saturated heterocycles. The van der Waals surface area contributed by atoms with Crippen LogP contribution in [0.4, 0.5) is 43.9 Å². The van der Waals surface area contributed by atoms with Gasteiger partial charge in [0.2, 0.25) is 0 Å². The molecule has 0 aromatic rings. The minimum atomic E-state index is -5.72. The second-order valence-corrected chi connectivity index (χ2v) is 7.98. The average Bonchev–Trinajstić information content (AvgIpc) is 2.37. The van der Waals surface area contributed by atoms with Crippen LogP contribution >= 0.6 is 11.8 Å². The summed E-state index contributed by atoms with van der Waals surface area (Å²) in [4.78, 5) is 0. The average molecular weight is 376 g/mol. The molecule has 1 aliphatic heterocycles. The van der Waals surface area contributed by atoms with Crippen molar-refractivity contribution in [3.05, 3.63) is 0 Å². The monoisotopic (exact) mass is 376 g/mol. The summed E-state index contributed by atoms with van der Waals surface area (Å²) in [5.41, 5.74) is -4.16. The summed E-state index contributed by atoms with van der Waals surface area (Å²) in [6.07, 6.45) is -14.9. The van der Waals surface area contributed by atoms with Gasteiger partial charge in [0.05, 0.1) is 0 Å². The smallest absolute Gasteiger partial charge is 0.199 e. The highest BCUT2D eigenvalue weighted by Crippen LogP contribution is 2.80. The van der Waals surface area contributed by atoms with E-state index in [0.717, 1.165) is 0 Å². The van der Waals surface area contributed by atoms with Crippen molar-refractivity contribution < 1.29 is 43.9 Å². The summed E-state index contributed by atoms with van der Waals surface area (Å²) in [6, 6.07) is 0. The molecule has 4 aliphatic rings. The summed E-state index contributed by atoms with van der Waals surface area (Å²) < 4.78 is 131. The Kier molecular flexibility index (Phi) is 3.22. The number of fused-ring (bicyclic) bond motifs is 1. The molecule has 3 atom stereocenters. The topological polar surface area (TPSA) is 0 Å². The molecule has 3 aliphatic carbocycles. The van der Waals surface area contributed by atoms with Crippen molar-refractivity contribution in [2.75, 3.05) is 0 Å². The van der Waals surface area contributed by atoms with E-state index in [9.17, 15) is 43.9 Å². The maximum absolute atomic E-state index is 13.5. The van der Waals surface area contributed by atoms with Crippen LogP contribution in [0.1, 0.15) is 25.7 Å². The van der Waals surface area contributed by atoms with E-state index in [1.54, 1.807) is 0 Å². The van der Waals surface area contributed by atoms with Gasteiger partial charge in [-0.3, -0.25) is 0 Å². The largest absolute Gasteiger partial charge is 0.403 e. The standard InChI is InChI=1S/C12H10F10S/c13-8(14)4-7(23-12(8,21)22)2-1-5-3-6(7)9(5,10(15,16)17)11(18,19)20/h5-6H,1-4H2/t5-,6+,7-/m1/s1. The van der Waals surface area contributed by atoms with Crippen LogP contribution in [0.2, 0.25) is 0 Å². The quantitative estimate of drug-likeness (QED) is 0.494. The molecule has 0 amide bonds. The molecule has 0 aromatic heterocycles. The van der Waals surface area contributed by atoms with Gasteiger partial charge in [-0.2, -0.15) is 43.9 Å². The highest BCUT2D eigenvalue weighted by molar-refractivity contribution is 8.02. The Balaban J connectivity index is 2.09. The van der Waals surface area contributed by atoms with Crippen molar-refractivity contribution in [3.63, 3.8) is 0 Å². The highest BCUT2D eigenvalue weighted by atomic mass is 32.2. The second kappa shape index (κ2) is 4.24. The first-order chi connectivity index (χ1) is 10.1. The molecule has 0 unspecified atom stereocenters. The van der Waals surface area contributed by atoms with E-state index >= 15 is 0 Å². The Morgan fingerprint density at radius 3 is 1.74 bits per heavy atom. The summed E-state index contributed by atoms with van der Waals surface area (Å²) in [5, 5.41) is -4.67. The number of hydrogen-bond acceptors (Lipinski definition) is 1. The molecule has 1 spiro atoms. The fourth-order valence-electron chi connectivity index (χ4n) is 4.55. The Hall–Kier alpha value is -0.350. The van der Waals surface area contributed by atoms with Gasteiger partial charge >= 0.3 is 23.5 Å². The fraction of sp³-hybridized carbons (Fsp3) is 1.00. The van der Waals surface area contributed by atoms with Crippen molar-refractivity contribution in [1.29, 1.82) is 0 Å². The van der Waals surface area contributed by atoms with E-state index in [1.807, 2.05) is 0 Å². The van der Waals surface area contributed by atoms with Crippen molar-refractivity contribution in [1.82, 2.24) is 0 Å². The lowest BCUT2D eigenvalue weighted by atomic mass is 9.42. The zero-order valence-corrected chi connectivity index (χ0v) is 12.0. The van der Waals surface area contributed by atoms with E-state index in [4.69, 9.17) is 0 Å². The molecule has 134 valence electrons. The molecule has 0 aromatic carbocycles. The van der Waals surface area contributed by atoms with Crippen molar-refractivity contribution in [2.45, 2.75) is 54.0 Å². The van der Waals surface area contributed by atoms with Crippen LogP contribution in [0.15, 0.2) is 0 Å². The van der Waals surface area contributed by atoms with Crippen LogP contribution in [-0.2, 0) is 0 Å². The second-order valence-electron chi connectivity index (χ2n) is 6.45. The van der Waals surface area contributed by atoms with E-state index in [-0.39, 0.29) is 0 Å². The Morgan fingerprint density at radius 1 is 0.870 bits per heavy atom. The van der Waals surface area contributed by atoms with Crippen LogP contribution in [0.3, 0.4) is 0 Å². The van der Waals surface area contributed by atoms with Gasteiger partial charge in [-0.25, -0.2) is 0 Å². The third-order valence-corrected chi connectivity index (χ3v) is 7.08. The van der Waals surface area contributed by atoms with Crippen LogP contribution in [0, 0.1) is 17.3 Å². The molecule has 4 rings (SSSR count). The van der Waals surface area contributed by atoms with Gasteiger partial charge in [0.1, 0.15) is 0 Å². The molecule has 11 heteroatoms. The van der Waals surface area contributed by atoms with Crippen molar-refractivity contribution in [2.24, 2.45) is 17.3 Å².